The molecule has 2 heteroatoms. The predicted octanol–water partition coefficient (Wildman–Crippen LogP) is 8.96. The summed E-state index contributed by atoms with van der Waals surface area (Å²) < 4.78 is 0. The summed E-state index contributed by atoms with van der Waals surface area (Å²) in [6.45, 7) is 22.5. The predicted molar refractivity (Wildman–Crippen MR) is 135 cm³/mol. The van der Waals surface area contributed by atoms with Crippen LogP contribution in [0.25, 0.3) is 0 Å². The highest BCUT2D eigenvalue weighted by Crippen LogP contribution is 2.35. The van der Waals surface area contributed by atoms with Gasteiger partial charge in [-0.05, 0) is 59.8 Å². The number of para-hydroxylation sites is 2. The fourth-order valence-electron chi connectivity index (χ4n) is 3.95. The summed E-state index contributed by atoms with van der Waals surface area (Å²) in [4.78, 5) is 0. The Bertz CT molecular complexity index is 760. The second-order valence-electron chi connectivity index (χ2n) is 9.74. The van der Waals surface area contributed by atoms with E-state index >= 15 is 0 Å². The Morgan fingerprint density at radius 3 is 0.933 bits per heavy atom. The van der Waals surface area contributed by atoms with Crippen molar-refractivity contribution < 1.29 is 0 Å². The van der Waals surface area contributed by atoms with Crippen molar-refractivity contribution in [1.29, 1.82) is 0 Å². The normalized spacial score (nSPS) is 12.7. The molecule has 0 saturated carbocycles. The summed E-state index contributed by atoms with van der Waals surface area (Å²) in [7, 11) is 0. The number of anilines is 2. The highest BCUT2D eigenvalue weighted by Gasteiger charge is 2.17. The first kappa shape index (κ1) is 24.1. The number of nitrogens with one attached hydrogen (secondary N) is 2. The minimum atomic E-state index is 0.474. The van der Waals surface area contributed by atoms with Crippen molar-refractivity contribution in [2.45, 2.75) is 92.9 Å². The van der Waals surface area contributed by atoms with Gasteiger partial charge in [-0.15, -0.1) is 0 Å². The van der Waals surface area contributed by atoms with E-state index in [1.54, 1.807) is 0 Å². The number of hydrogen-bond acceptors (Lipinski definition) is 2. The first-order chi connectivity index (χ1) is 14.0. The van der Waals surface area contributed by atoms with Crippen LogP contribution in [0.2, 0.25) is 0 Å². The van der Waals surface area contributed by atoms with Gasteiger partial charge >= 0.3 is 0 Å². The van der Waals surface area contributed by atoms with Crippen LogP contribution < -0.4 is 10.6 Å². The largest absolute Gasteiger partial charge is 0.357 e. The Labute approximate surface area is 185 Å². The van der Waals surface area contributed by atoms with Crippen molar-refractivity contribution in [2.75, 3.05) is 10.6 Å². The third-order valence-electron chi connectivity index (χ3n) is 5.93. The molecule has 0 atom stereocenters. The van der Waals surface area contributed by atoms with E-state index in [0.29, 0.717) is 23.7 Å². The number of allylic oxidation sites excluding steroid dienone is 2. The molecule has 164 valence electrons. The van der Waals surface area contributed by atoms with E-state index in [0.717, 1.165) is 0 Å². The highest BCUT2D eigenvalue weighted by atomic mass is 15.0. The molecular weight excluding hydrogens is 364 g/mol. The van der Waals surface area contributed by atoms with Crippen LogP contribution in [-0.4, -0.2) is 0 Å². The lowest BCUT2D eigenvalue weighted by atomic mass is 9.92. The molecule has 0 bridgehead atoms. The molecule has 2 nitrogen and oxygen atoms in total. The van der Waals surface area contributed by atoms with Crippen LogP contribution in [0, 0.1) is 0 Å². The molecule has 0 aliphatic heterocycles. The first-order valence-corrected chi connectivity index (χ1v) is 11.5. The molecule has 0 aliphatic rings. The zero-order valence-corrected chi connectivity index (χ0v) is 20.8. The second-order valence-corrected chi connectivity index (χ2v) is 9.74. The molecule has 0 amide bonds. The zero-order chi connectivity index (χ0) is 22.6. The van der Waals surface area contributed by atoms with Gasteiger partial charge in [-0.1, -0.05) is 91.8 Å². The second kappa shape index (κ2) is 10.2. The van der Waals surface area contributed by atoms with Crippen molar-refractivity contribution >= 4 is 11.4 Å². The standard InChI is InChI=1S/C28H42N2/c1-17(2)23-13-11-14-24(18(3)4)27(23)29-21(9)22(10)30-28-25(19(5)6)15-12-16-26(28)20(7)8/h11-20,29-30H,1-10H3/b22-21+. The summed E-state index contributed by atoms with van der Waals surface area (Å²) in [5.74, 6) is 1.89. The third-order valence-corrected chi connectivity index (χ3v) is 5.93. The Morgan fingerprint density at radius 2 is 0.733 bits per heavy atom. The van der Waals surface area contributed by atoms with E-state index in [2.05, 4.69) is 116 Å². The fourth-order valence-corrected chi connectivity index (χ4v) is 3.95. The van der Waals surface area contributed by atoms with E-state index in [1.165, 1.54) is 45.0 Å². The Balaban J connectivity index is 2.48. The zero-order valence-electron chi connectivity index (χ0n) is 20.8. The smallest absolute Gasteiger partial charge is 0.0452 e. The summed E-state index contributed by atoms with van der Waals surface area (Å²) in [5.41, 5.74) is 10.4. The van der Waals surface area contributed by atoms with Crippen molar-refractivity contribution in [1.82, 2.24) is 0 Å². The van der Waals surface area contributed by atoms with Crippen LogP contribution in [-0.2, 0) is 0 Å². The van der Waals surface area contributed by atoms with Crippen molar-refractivity contribution in [3.8, 4) is 0 Å². The molecule has 2 rings (SSSR count). The molecule has 30 heavy (non-hydrogen) atoms. The van der Waals surface area contributed by atoms with Gasteiger partial charge < -0.3 is 10.6 Å². The van der Waals surface area contributed by atoms with Gasteiger partial charge in [0, 0.05) is 22.8 Å². The molecule has 0 aromatic heterocycles. The highest BCUT2D eigenvalue weighted by molar-refractivity contribution is 5.66. The summed E-state index contributed by atoms with van der Waals surface area (Å²) in [6.07, 6.45) is 0. The maximum Gasteiger partial charge on any atom is 0.0452 e. The molecule has 0 unspecified atom stereocenters. The van der Waals surface area contributed by atoms with Crippen LogP contribution in [0.15, 0.2) is 47.8 Å². The Hall–Kier alpha value is -2.22. The van der Waals surface area contributed by atoms with Crippen LogP contribution in [0.4, 0.5) is 11.4 Å². The lowest BCUT2D eigenvalue weighted by Crippen LogP contribution is -2.12. The molecule has 0 fully saturated rings. The third kappa shape index (κ3) is 5.47. The van der Waals surface area contributed by atoms with E-state index in [4.69, 9.17) is 0 Å². The molecule has 0 heterocycles. The van der Waals surface area contributed by atoms with Crippen molar-refractivity contribution in [2.24, 2.45) is 0 Å². The minimum Gasteiger partial charge on any atom is -0.357 e. The topological polar surface area (TPSA) is 24.1 Å². The Kier molecular flexibility index (Phi) is 8.18. The average molecular weight is 407 g/mol. The monoisotopic (exact) mass is 406 g/mol. The summed E-state index contributed by atoms with van der Waals surface area (Å²) in [6, 6.07) is 13.4. The molecule has 2 aromatic rings. The van der Waals surface area contributed by atoms with Gasteiger partial charge in [-0.2, -0.15) is 0 Å². The minimum absolute atomic E-state index is 0.474. The Morgan fingerprint density at radius 1 is 0.500 bits per heavy atom. The molecule has 0 spiro atoms. The number of benzene rings is 2. The van der Waals surface area contributed by atoms with E-state index in [-0.39, 0.29) is 0 Å². The van der Waals surface area contributed by atoms with Gasteiger partial charge in [0.05, 0.1) is 0 Å². The number of hydrogen-bond donors (Lipinski definition) is 2. The van der Waals surface area contributed by atoms with Crippen molar-refractivity contribution in [3.05, 3.63) is 70.0 Å². The summed E-state index contributed by atoms with van der Waals surface area (Å²) in [5, 5.41) is 7.55. The lowest BCUT2D eigenvalue weighted by molar-refractivity contribution is 0.834. The lowest BCUT2D eigenvalue weighted by Gasteiger charge is -2.24. The maximum absolute atomic E-state index is 3.78. The molecular formula is C28H42N2. The quantitative estimate of drug-likeness (QED) is 0.457. The van der Waals surface area contributed by atoms with Gasteiger partial charge in [0.15, 0.2) is 0 Å². The van der Waals surface area contributed by atoms with E-state index in [1.807, 2.05) is 0 Å². The first-order valence-electron chi connectivity index (χ1n) is 11.5. The molecule has 2 N–H and O–H groups in total. The molecule has 0 radical (unpaired) electrons. The van der Waals surface area contributed by atoms with E-state index < -0.39 is 0 Å². The van der Waals surface area contributed by atoms with Crippen LogP contribution in [0.5, 0.6) is 0 Å². The van der Waals surface area contributed by atoms with Gasteiger partial charge in [0.1, 0.15) is 0 Å². The number of rotatable bonds is 8. The van der Waals surface area contributed by atoms with Gasteiger partial charge in [-0.25, -0.2) is 0 Å². The SMILES string of the molecule is C/C(Nc1c(C(C)C)cccc1C(C)C)=C(/C)Nc1c(C(C)C)cccc1C(C)C. The molecule has 0 aliphatic carbocycles. The average Bonchev–Trinajstić information content (AvgIpc) is 2.67. The maximum atomic E-state index is 3.78. The van der Waals surface area contributed by atoms with Crippen LogP contribution >= 0.6 is 0 Å². The van der Waals surface area contributed by atoms with Gasteiger partial charge in [0.25, 0.3) is 0 Å². The van der Waals surface area contributed by atoms with Gasteiger partial charge in [0.2, 0.25) is 0 Å². The van der Waals surface area contributed by atoms with Gasteiger partial charge in [-0.3, -0.25) is 0 Å². The van der Waals surface area contributed by atoms with Crippen molar-refractivity contribution in [3.63, 3.8) is 0 Å². The molecule has 2 aromatic carbocycles. The molecule has 0 saturated heterocycles. The van der Waals surface area contributed by atoms with Crippen LogP contribution in [0.1, 0.15) is 115 Å². The van der Waals surface area contributed by atoms with Crippen LogP contribution in [0.3, 0.4) is 0 Å². The van der Waals surface area contributed by atoms with E-state index in [9.17, 15) is 0 Å². The summed E-state index contributed by atoms with van der Waals surface area (Å²) >= 11 is 0. The fraction of sp³-hybridized carbons (Fsp3) is 0.500.